The molecule has 0 saturated carbocycles. The molecule has 72 valence electrons. The second-order valence-corrected chi connectivity index (χ2v) is 3.12. The second kappa shape index (κ2) is 4.53. The number of benzene rings is 1. The molecule has 14 heavy (non-hydrogen) atoms. The van der Waals surface area contributed by atoms with E-state index in [9.17, 15) is 0 Å². The maximum Gasteiger partial charge on any atom is 0.210 e. The third-order valence-corrected chi connectivity index (χ3v) is 2.05. The molecule has 0 radical (unpaired) electrons. The first kappa shape index (κ1) is 10.4. The molecule has 0 saturated heterocycles. The number of aromatic nitrogens is 1. The van der Waals surface area contributed by atoms with Crippen LogP contribution in [0.2, 0.25) is 0 Å². The van der Waals surface area contributed by atoms with Crippen molar-refractivity contribution in [2.24, 2.45) is 0 Å². The summed E-state index contributed by atoms with van der Waals surface area (Å²) in [7, 11) is 0. The first-order valence-electron chi connectivity index (χ1n) is 4.39. The third-order valence-electron chi connectivity index (χ3n) is 2.05. The van der Waals surface area contributed by atoms with Gasteiger partial charge in [0.2, 0.25) is 5.69 Å². The highest BCUT2D eigenvalue weighted by atomic mass is 16.0. The van der Waals surface area contributed by atoms with Gasteiger partial charge in [0.05, 0.1) is 0 Å². The van der Waals surface area contributed by atoms with Crippen molar-refractivity contribution in [1.29, 1.82) is 0 Å². The van der Waals surface area contributed by atoms with Gasteiger partial charge in [-0.05, 0) is 12.5 Å². The summed E-state index contributed by atoms with van der Waals surface area (Å²) in [5, 5.41) is 0. The van der Waals surface area contributed by atoms with Gasteiger partial charge in [-0.1, -0.05) is 18.2 Å². The van der Waals surface area contributed by atoms with Crippen molar-refractivity contribution in [2.75, 3.05) is 0 Å². The van der Waals surface area contributed by atoms with Crippen molar-refractivity contribution >= 4 is 0 Å². The van der Waals surface area contributed by atoms with E-state index in [-0.39, 0.29) is 5.48 Å². The van der Waals surface area contributed by atoms with Crippen LogP contribution in [0.3, 0.4) is 0 Å². The molecule has 0 aliphatic rings. The average Bonchev–Trinajstić information content (AvgIpc) is 2.20. The predicted molar refractivity (Wildman–Crippen MR) is 54.6 cm³/mol. The molecule has 0 aliphatic heterocycles. The molecular weight excluding hydrogens is 174 g/mol. The van der Waals surface area contributed by atoms with Crippen LogP contribution >= 0.6 is 0 Å². The highest BCUT2D eigenvalue weighted by Crippen LogP contribution is 1.98. The molecule has 0 unspecified atom stereocenters. The first-order chi connectivity index (χ1) is 6.36. The smallest absolute Gasteiger partial charge is 0.210 e. The largest absolute Gasteiger partial charge is 0.870 e. The Morgan fingerprint density at radius 2 is 1.43 bits per heavy atom. The van der Waals surface area contributed by atoms with Crippen LogP contribution in [0, 0.1) is 6.92 Å². The lowest BCUT2D eigenvalue weighted by atomic mass is 10.3. The van der Waals surface area contributed by atoms with Crippen molar-refractivity contribution in [2.45, 2.75) is 6.92 Å². The zero-order valence-electron chi connectivity index (χ0n) is 8.09. The maximum absolute atomic E-state index is 2.10. The topological polar surface area (TPSA) is 33.9 Å². The number of para-hydroxylation sites is 1. The third kappa shape index (κ3) is 2.18. The fraction of sp³-hybridized carbons (Fsp3) is 0.0833. The van der Waals surface area contributed by atoms with Crippen molar-refractivity contribution < 1.29 is 10.0 Å². The number of hydrogen-bond acceptors (Lipinski definition) is 1. The highest BCUT2D eigenvalue weighted by molar-refractivity contribution is 5.21. The SMILES string of the molecule is Cc1cc[n+](-c2ccccc2)cc1.[OH-]. The average molecular weight is 187 g/mol. The Hall–Kier alpha value is -1.67. The van der Waals surface area contributed by atoms with Gasteiger partial charge in [-0.3, -0.25) is 0 Å². The summed E-state index contributed by atoms with van der Waals surface area (Å²) in [4.78, 5) is 0. The fourth-order valence-electron chi connectivity index (χ4n) is 1.27. The van der Waals surface area contributed by atoms with Crippen molar-refractivity contribution in [3.8, 4) is 5.69 Å². The normalized spacial score (nSPS) is 9.21. The molecule has 0 bridgehead atoms. The number of rotatable bonds is 1. The highest BCUT2D eigenvalue weighted by Gasteiger charge is 2.01. The Bertz CT molecular complexity index is 381. The van der Waals surface area contributed by atoms with E-state index in [0.717, 1.165) is 0 Å². The Balaban J connectivity index is 0.000000980. The number of aryl methyl sites for hydroxylation is 1. The monoisotopic (exact) mass is 187 g/mol. The number of pyridine rings is 1. The Morgan fingerprint density at radius 3 is 2.00 bits per heavy atom. The van der Waals surface area contributed by atoms with E-state index in [4.69, 9.17) is 0 Å². The van der Waals surface area contributed by atoms with Crippen LogP contribution < -0.4 is 4.57 Å². The molecule has 1 N–H and O–H groups in total. The van der Waals surface area contributed by atoms with Crippen LogP contribution in [0.1, 0.15) is 5.56 Å². The van der Waals surface area contributed by atoms with Crippen LogP contribution in [0.4, 0.5) is 0 Å². The minimum Gasteiger partial charge on any atom is -0.870 e. The van der Waals surface area contributed by atoms with Gasteiger partial charge in [-0.2, -0.15) is 4.57 Å². The van der Waals surface area contributed by atoms with Crippen LogP contribution in [0.15, 0.2) is 54.9 Å². The lowest BCUT2D eigenvalue weighted by Gasteiger charge is -1.94. The molecule has 0 atom stereocenters. The van der Waals surface area contributed by atoms with Crippen molar-refractivity contribution in [1.82, 2.24) is 0 Å². The molecule has 1 heterocycles. The van der Waals surface area contributed by atoms with Crippen LogP contribution in [-0.4, -0.2) is 5.48 Å². The van der Waals surface area contributed by atoms with E-state index in [1.807, 2.05) is 18.2 Å². The Kier molecular flexibility index (Phi) is 3.37. The van der Waals surface area contributed by atoms with Gasteiger partial charge in [0.1, 0.15) is 0 Å². The number of hydrogen-bond donors (Lipinski definition) is 0. The van der Waals surface area contributed by atoms with Gasteiger partial charge in [0.15, 0.2) is 12.4 Å². The molecule has 0 aliphatic carbocycles. The van der Waals surface area contributed by atoms with E-state index in [1.165, 1.54) is 11.3 Å². The van der Waals surface area contributed by atoms with Crippen LogP contribution in [-0.2, 0) is 0 Å². The number of nitrogens with zero attached hydrogens (tertiary/aromatic N) is 1. The summed E-state index contributed by atoms with van der Waals surface area (Å²) >= 11 is 0. The lowest BCUT2D eigenvalue weighted by molar-refractivity contribution is -0.595. The van der Waals surface area contributed by atoms with E-state index in [2.05, 4.69) is 48.1 Å². The molecule has 2 heteroatoms. The zero-order chi connectivity index (χ0) is 9.10. The quantitative estimate of drug-likeness (QED) is 0.629. The van der Waals surface area contributed by atoms with Crippen LogP contribution in [0.5, 0.6) is 0 Å². The summed E-state index contributed by atoms with van der Waals surface area (Å²) in [5.41, 5.74) is 2.48. The van der Waals surface area contributed by atoms with Gasteiger partial charge in [-0.25, -0.2) is 0 Å². The van der Waals surface area contributed by atoms with Gasteiger partial charge in [0.25, 0.3) is 0 Å². The first-order valence-corrected chi connectivity index (χ1v) is 4.39. The molecule has 0 amide bonds. The summed E-state index contributed by atoms with van der Waals surface area (Å²) in [5.74, 6) is 0. The van der Waals surface area contributed by atoms with E-state index in [1.54, 1.807) is 0 Å². The lowest BCUT2D eigenvalue weighted by Crippen LogP contribution is -2.28. The second-order valence-electron chi connectivity index (χ2n) is 3.12. The minimum absolute atomic E-state index is 0. The zero-order valence-corrected chi connectivity index (χ0v) is 8.09. The maximum atomic E-state index is 2.10. The molecule has 2 nitrogen and oxygen atoms in total. The fourth-order valence-corrected chi connectivity index (χ4v) is 1.27. The Labute approximate surface area is 83.8 Å². The summed E-state index contributed by atoms with van der Waals surface area (Å²) in [6, 6.07) is 14.5. The van der Waals surface area contributed by atoms with Crippen molar-refractivity contribution in [3.05, 3.63) is 60.4 Å². The van der Waals surface area contributed by atoms with E-state index < -0.39 is 0 Å². The molecule has 0 spiro atoms. The van der Waals surface area contributed by atoms with Crippen molar-refractivity contribution in [3.63, 3.8) is 0 Å². The molecule has 2 rings (SSSR count). The van der Waals surface area contributed by atoms with E-state index >= 15 is 0 Å². The standard InChI is InChI=1S/C12H12N.H2O/c1-11-7-9-13(10-8-11)12-5-3-2-4-6-12;/h2-10H,1H3;1H2/q+1;/p-1. The van der Waals surface area contributed by atoms with Gasteiger partial charge >= 0.3 is 0 Å². The summed E-state index contributed by atoms with van der Waals surface area (Å²) < 4.78 is 2.10. The van der Waals surface area contributed by atoms with Gasteiger partial charge in [-0.15, -0.1) is 0 Å². The van der Waals surface area contributed by atoms with Crippen LogP contribution in [0.25, 0.3) is 5.69 Å². The summed E-state index contributed by atoms with van der Waals surface area (Å²) in [6.45, 7) is 2.09. The van der Waals surface area contributed by atoms with E-state index in [0.29, 0.717) is 0 Å². The predicted octanol–water partition coefficient (Wildman–Crippen LogP) is 2.09. The molecule has 2 aromatic rings. The molecule has 1 aromatic carbocycles. The Morgan fingerprint density at radius 1 is 0.857 bits per heavy atom. The molecular formula is C12H13NO. The van der Waals surface area contributed by atoms with Gasteiger partial charge in [0, 0.05) is 24.3 Å². The summed E-state index contributed by atoms with van der Waals surface area (Å²) in [6.07, 6.45) is 4.15. The molecule has 0 fully saturated rings. The minimum atomic E-state index is 0. The molecule has 1 aromatic heterocycles. The van der Waals surface area contributed by atoms with Gasteiger partial charge < -0.3 is 5.48 Å².